The smallest absolute Gasteiger partial charge is 0.249 e. The van der Waals surface area contributed by atoms with Crippen LogP contribution in [0.1, 0.15) is 33.6 Å². The van der Waals surface area contributed by atoms with Crippen LogP contribution in [0.15, 0.2) is 24.3 Å². The largest absolute Gasteiger partial charge is 0.396 e. The highest BCUT2D eigenvalue weighted by Gasteiger charge is 2.13. The van der Waals surface area contributed by atoms with E-state index in [0.717, 1.165) is 0 Å². The molecule has 0 radical (unpaired) electrons. The lowest BCUT2D eigenvalue weighted by atomic mass is 10.0. The number of ketones is 1. The molecule has 15 heavy (non-hydrogen) atoms. The lowest BCUT2D eigenvalue weighted by Crippen LogP contribution is -2.16. The number of hydrogen-bond acceptors (Lipinski definition) is 3. The van der Waals surface area contributed by atoms with Crippen LogP contribution in [0.4, 0.5) is 0 Å². The molecule has 0 saturated carbocycles. The third-order valence-electron chi connectivity index (χ3n) is 2.05. The monoisotopic (exact) mass is 207 g/mol. The molecule has 0 heterocycles. The Morgan fingerprint density at radius 2 is 1.80 bits per heavy atom. The first-order chi connectivity index (χ1) is 7.16. The minimum atomic E-state index is -0.608. The standard InChI is InChI=1S/C11H13NO3/c12-11(15)9-5-2-1-4-8(9)10(14)6-3-7-13/h1-2,4-5,13H,3,6-7H2,(H2,12,15). The van der Waals surface area contributed by atoms with Crippen LogP contribution in [-0.2, 0) is 0 Å². The van der Waals surface area contributed by atoms with Crippen molar-refractivity contribution >= 4 is 11.7 Å². The predicted octanol–water partition coefficient (Wildman–Crippen LogP) is 0.741. The Balaban J connectivity index is 2.92. The van der Waals surface area contributed by atoms with Gasteiger partial charge < -0.3 is 10.8 Å². The first-order valence-electron chi connectivity index (χ1n) is 4.69. The molecule has 4 nitrogen and oxygen atoms in total. The molecule has 1 rings (SSSR count). The maximum Gasteiger partial charge on any atom is 0.249 e. The van der Waals surface area contributed by atoms with Gasteiger partial charge in [0.15, 0.2) is 5.78 Å². The molecule has 0 unspecified atom stereocenters. The zero-order chi connectivity index (χ0) is 11.3. The van der Waals surface area contributed by atoms with Crippen LogP contribution < -0.4 is 5.73 Å². The molecule has 1 amide bonds. The summed E-state index contributed by atoms with van der Waals surface area (Å²) in [5, 5.41) is 8.60. The number of rotatable bonds is 5. The molecule has 4 heteroatoms. The van der Waals surface area contributed by atoms with Gasteiger partial charge in [0, 0.05) is 24.2 Å². The van der Waals surface area contributed by atoms with Crippen LogP contribution in [0, 0.1) is 0 Å². The lowest BCUT2D eigenvalue weighted by molar-refractivity contribution is 0.0950. The van der Waals surface area contributed by atoms with Crippen LogP contribution in [-0.4, -0.2) is 23.4 Å². The van der Waals surface area contributed by atoms with E-state index in [2.05, 4.69) is 0 Å². The van der Waals surface area contributed by atoms with Crippen molar-refractivity contribution in [3.63, 3.8) is 0 Å². The van der Waals surface area contributed by atoms with E-state index in [9.17, 15) is 9.59 Å². The number of benzene rings is 1. The average molecular weight is 207 g/mol. The molecule has 0 bridgehead atoms. The Hall–Kier alpha value is -1.68. The Bertz CT molecular complexity index is 374. The molecule has 0 aliphatic heterocycles. The predicted molar refractivity (Wildman–Crippen MR) is 55.6 cm³/mol. The van der Waals surface area contributed by atoms with E-state index < -0.39 is 5.91 Å². The van der Waals surface area contributed by atoms with Crippen molar-refractivity contribution in [1.29, 1.82) is 0 Å². The molecular weight excluding hydrogens is 194 g/mol. The van der Waals surface area contributed by atoms with Gasteiger partial charge in [-0.2, -0.15) is 0 Å². The highest BCUT2D eigenvalue weighted by Crippen LogP contribution is 2.11. The molecule has 3 N–H and O–H groups in total. The summed E-state index contributed by atoms with van der Waals surface area (Å²) in [5.74, 6) is -0.776. The number of aliphatic hydroxyl groups excluding tert-OH is 1. The van der Waals surface area contributed by atoms with Crippen molar-refractivity contribution in [2.45, 2.75) is 12.8 Å². The van der Waals surface area contributed by atoms with Gasteiger partial charge in [0.1, 0.15) is 0 Å². The summed E-state index contributed by atoms with van der Waals surface area (Å²) in [5.41, 5.74) is 5.71. The fraction of sp³-hybridized carbons (Fsp3) is 0.273. The van der Waals surface area contributed by atoms with E-state index in [0.29, 0.717) is 12.0 Å². The summed E-state index contributed by atoms with van der Waals surface area (Å²) in [6.45, 7) is -0.0372. The Morgan fingerprint density at radius 3 is 2.33 bits per heavy atom. The van der Waals surface area contributed by atoms with Crippen molar-refractivity contribution in [2.24, 2.45) is 5.73 Å². The molecule has 0 atom stereocenters. The minimum absolute atomic E-state index is 0.0372. The molecule has 0 aromatic heterocycles. The van der Waals surface area contributed by atoms with Crippen molar-refractivity contribution in [3.05, 3.63) is 35.4 Å². The lowest BCUT2D eigenvalue weighted by Gasteiger charge is -2.04. The van der Waals surface area contributed by atoms with E-state index in [-0.39, 0.29) is 24.4 Å². The van der Waals surface area contributed by atoms with Gasteiger partial charge in [-0.05, 0) is 12.5 Å². The first kappa shape index (κ1) is 11.4. The Labute approximate surface area is 87.7 Å². The Kier molecular flexibility index (Phi) is 4.00. The number of primary amides is 1. The van der Waals surface area contributed by atoms with Crippen molar-refractivity contribution < 1.29 is 14.7 Å². The van der Waals surface area contributed by atoms with Gasteiger partial charge >= 0.3 is 0 Å². The van der Waals surface area contributed by atoms with E-state index in [1.807, 2.05) is 0 Å². The molecular formula is C11H13NO3. The Morgan fingerprint density at radius 1 is 1.20 bits per heavy atom. The number of aliphatic hydroxyl groups is 1. The zero-order valence-corrected chi connectivity index (χ0v) is 8.27. The number of nitrogens with two attached hydrogens (primary N) is 1. The van der Waals surface area contributed by atoms with Crippen molar-refractivity contribution in [3.8, 4) is 0 Å². The summed E-state index contributed by atoms with van der Waals surface area (Å²) in [6, 6.07) is 6.43. The molecule has 0 saturated heterocycles. The van der Waals surface area contributed by atoms with E-state index >= 15 is 0 Å². The quantitative estimate of drug-likeness (QED) is 0.699. The van der Waals surface area contributed by atoms with Crippen LogP contribution in [0.3, 0.4) is 0 Å². The second-order valence-corrected chi connectivity index (χ2v) is 3.16. The van der Waals surface area contributed by atoms with E-state index in [1.165, 1.54) is 6.07 Å². The molecule has 0 aliphatic rings. The number of hydrogen-bond donors (Lipinski definition) is 2. The minimum Gasteiger partial charge on any atom is -0.396 e. The van der Waals surface area contributed by atoms with Gasteiger partial charge in [-0.25, -0.2) is 0 Å². The van der Waals surface area contributed by atoms with Crippen molar-refractivity contribution in [1.82, 2.24) is 0 Å². The molecule has 0 aliphatic carbocycles. The molecule has 80 valence electrons. The summed E-state index contributed by atoms with van der Waals surface area (Å²) in [7, 11) is 0. The number of carbonyl (C=O) groups is 2. The molecule has 1 aromatic rings. The number of Topliss-reactive ketones (excluding diaryl/α,β-unsaturated/α-hetero) is 1. The third-order valence-corrected chi connectivity index (χ3v) is 2.05. The van der Waals surface area contributed by atoms with Crippen LogP contribution in [0.5, 0.6) is 0 Å². The molecule has 0 spiro atoms. The summed E-state index contributed by atoms with van der Waals surface area (Å²) in [4.78, 5) is 22.6. The maximum absolute atomic E-state index is 11.6. The van der Waals surface area contributed by atoms with Crippen molar-refractivity contribution in [2.75, 3.05) is 6.61 Å². The fourth-order valence-corrected chi connectivity index (χ4v) is 1.32. The van der Waals surface area contributed by atoms with Gasteiger partial charge in [-0.3, -0.25) is 9.59 Å². The van der Waals surface area contributed by atoms with E-state index in [1.54, 1.807) is 18.2 Å². The second-order valence-electron chi connectivity index (χ2n) is 3.16. The average Bonchev–Trinajstić information content (AvgIpc) is 2.25. The van der Waals surface area contributed by atoms with Gasteiger partial charge in [0.2, 0.25) is 5.91 Å². The number of carbonyl (C=O) groups excluding carboxylic acids is 2. The van der Waals surface area contributed by atoms with Crippen LogP contribution in [0.25, 0.3) is 0 Å². The van der Waals surface area contributed by atoms with Gasteiger partial charge in [-0.15, -0.1) is 0 Å². The molecule has 0 fully saturated rings. The summed E-state index contributed by atoms with van der Waals surface area (Å²) in [6.07, 6.45) is 0.618. The summed E-state index contributed by atoms with van der Waals surface area (Å²) >= 11 is 0. The zero-order valence-electron chi connectivity index (χ0n) is 8.27. The summed E-state index contributed by atoms with van der Waals surface area (Å²) < 4.78 is 0. The third kappa shape index (κ3) is 2.89. The first-order valence-corrected chi connectivity index (χ1v) is 4.69. The maximum atomic E-state index is 11.6. The van der Waals surface area contributed by atoms with E-state index in [4.69, 9.17) is 10.8 Å². The van der Waals surface area contributed by atoms with Gasteiger partial charge in [0.25, 0.3) is 0 Å². The highest BCUT2D eigenvalue weighted by molar-refractivity contribution is 6.07. The van der Waals surface area contributed by atoms with Gasteiger partial charge in [0.05, 0.1) is 0 Å². The molecule has 1 aromatic carbocycles. The fourth-order valence-electron chi connectivity index (χ4n) is 1.32. The SMILES string of the molecule is NC(=O)c1ccccc1C(=O)CCCO. The topological polar surface area (TPSA) is 80.4 Å². The van der Waals surface area contributed by atoms with Crippen LogP contribution in [0.2, 0.25) is 0 Å². The van der Waals surface area contributed by atoms with Gasteiger partial charge in [-0.1, -0.05) is 18.2 Å². The van der Waals surface area contributed by atoms with Crippen LogP contribution >= 0.6 is 0 Å². The number of amides is 1. The second kappa shape index (κ2) is 5.26. The normalized spacial score (nSPS) is 9.93. The highest BCUT2D eigenvalue weighted by atomic mass is 16.3.